The van der Waals surface area contributed by atoms with Gasteiger partial charge in [-0.2, -0.15) is 12.8 Å². The normalized spacial score (nSPS) is 11.5. The van der Waals surface area contributed by atoms with Gasteiger partial charge in [-0.15, -0.1) is 0 Å². The van der Waals surface area contributed by atoms with E-state index in [9.17, 15) is 12.3 Å². The summed E-state index contributed by atoms with van der Waals surface area (Å²) < 4.78 is 40.9. The highest BCUT2D eigenvalue weighted by Gasteiger charge is 2.16. The van der Waals surface area contributed by atoms with Crippen LogP contribution in [-0.4, -0.2) is 19.4 Å². The molecule has 12 heavy (non-hydrogen) atoms. The van der Waals surface area contributed by atoms with Crippen LogP contribution in [0.25, 0.3) is 0 Å². The van der Waals surface area contributed by atoms with Crippen molar-refractivity contribution in [3.05, 3.63) is 6.07 Å². The van der Waals surface area contributed by atoms with Gasteiger partial charge >= 0.3 is 10.2 Å². The van der Waals surface area contributed by atoms with Crippen molar-refractivity contribution in [2.75, 3.05) is 6.61 Å². The summed E-state index contributed by atoms with van der Waals surface area (Å²) in [6.07, 6.45) is 0. The summed E-state index contributed by atoms with van der Waals surface area (Å²) in [5.41, 5.74) is 0. The Kier molecular flexibility index (Phi) is 2.63. The Morgan fingerprint density at radius 3 is 2.83 bits per heavy atom. The van der Waals surface area contributed by atoms with Crippen LogP contribution in [0.1, 0.15) is 6.92 Å². The number of rotatable bonds is 3. The fourth-order valence-corrected chi connectivity index (χ4v) is 1.72. The van der Waals surface area contributed by atoms with E-state index in [1.165, 1.54) is 0 Å². The van der Waals surface area contributed by atoms with Crippen LogP contribution in [0.3, 0.4) is 0 Å². The highest BCUT2D eigenvalue weighted by molar-refractivity contribution is 7.88. The molecule has 0 bridgehead atoms. The number of hydrogen-bond donors (Lipinski definition) is 0. The molecular weight excluding hydrogens is 205 g/mol. The van der Waals surface area contributed by atoms with Gasteiger partial charge in [-0.05, 0) is 18.5 Å². The van der Waals surface area contributed by atoms with Crippen LogP contribution >= 0.6 is 11.5 Å². The molecule has 0 atom stereocenters. The van der Waals surface area contributed by atoms with Gasteiger partial charge in [0.25, 0.3) is 0 Å². The first-order chi connectivity index (χ1) is 5.54. The molecule has 0 fully saturated rings. The van der Waals surface area contributed by atoms with Gasteiger partial charge < -0.3 is 4.74 Å². The van der Waals surface area contributed by atoms with Crippen molar-refractivity contribution < 1.29 is 17.0 Å². The molecule has 0 saturated carbocycles. The Labute approximate surface area is 73.4 Å². The molecule has 0 unspecified atom stereocenters. The Hall–Kier alpha value is -0.690. The van der Waals surface area contributed by atoms with Crippen LogP contribution in [0.15, 0.2) is 10.3 Å². The summed E-state index contributed by atoms with van der Waals surface area (Å²) in [5, 5.41) is 0. The number of halogens is 1. The number of ether oxygens (including phenoxy) is 1. The number of hydrogen-bond acceptors (Lipinski definition) is 5. The van der Waals surface area contributed by atoms with Crippen LogP contribution in [0.5, 0.6) is 5.88 Å². The van der Waals surface area contributed by atoms with Crippen molar-refractivity contribution >= 4 is 21.8 Å². The summed E-state index contributed by atoms with van der Waals surface area (Å²) in [6.45, 7) is 2.10. The Morgan fingerprint density at radius 1 is 1.75 bits per heavy atom. The summed E-state index contributed by atoms with van der Waals surface area (Å²) in [7, 11) is -4.62. The molecule has 1 aromatic rings. The van der Waals surface area contributed by atoms with Gasteiger partial charge in [0.05, 0.1) is 6.61 Å². The molecule has 7 heteroatoms. The van der Waals surface area contributed by atoms with E-state index >= 15 is 0 Å². The van der Waals surface area contributed by atoms with Gasteiger partial charge in [0, 0.05) is 6.07 Å². The second-order valence-electron chi connectivity index (χ2n) is 1.86. The van der Waals surface area contributed by atoms with Crippen molar-refractivity contribution in [1.82, 2.24) is 4.37 Å². The van der Waals surface area contributed by atoms with Crippen molar-refractivity contribution in [2.45, 2.75) is 11.1 Å². The molecule has 1 rings (SSSR count). The first kappa shape index (κ1) is 9.40. The van der Waals surface area contributed by atoms with Crippen molar-refractivity contribution in [1.29, 1.82) is 0 Å². The van der Waals surface area contributed by atoms with E-state index in [0.29, 0.717) is 18.1 Å². The van der Waals surface area contributed by atoms with Gasteiger partial charge in [0.2, 0.25) is 5.88 Å². The number of aromatic nitrogens is 1. The number of nitrogens with zero attached hydrogens (tertiary/aromatic N) is 1. The third kappa shape index (κ3) is 2.15. The van der Waals surface area contributed by atoms with Crippen molar-refractivity contribution in [3.8, 4) is 5.88 Å². The molecule has 0 aliphatic rings. The standard InChI is InChI=1S/C5H6FNO3S2/c1-2-10-4-3-5(11-7-4)12(6,8)9/h3H,2H2,1H3. The molecule has 0 aromatic carbocycles. The third-order valence-electron chi connectivity index (χ3n) is 0.999. The van der Waals surface area contributed by atoms with Crippen molar-refractivity contribution in [2.24, 2.45) is 0 Å². The molecule has 0 saturated heterocycles. The lowest BCUT2D eigenvalue weighted by molar-refractivity contribution is 0.330. The second-order valence-corrected chi connectivity index (χ2v) is 4.23. The van der Waals surface area contributed by atoms with Crippen LogP contribution in [-0.2, 0) is 10.2 Å². The summed E-state index contributed by atoms with van der Waals surface area (Å²) >= 11 is 0.558. The Bertz CT molecular complexity index is 359. The Balaban J connectivity index is 2.92. The largest absolute Gasteiger partial charge is 0.477 e. The molecule has 0 aliphatic carbocycles. The maximum Gasteiger partial charge on any atom is 0.343 e. The molecule has 0 aliphatic heterocycles. The van der Waals surface area contributed by atoms with Crippen LogP contribution < -0.4 is 4.74 Å². The fourth-order valence-electron chi connectivity index (χ4n) is 0.574. The van der Waals surface area contributed by atoms with Gasteiger partial charge in [0.1, 0.15) is 0 Å². The van der Waals surface area contributed by atoms with Gasteiger partial charge in [-0.1, -0.05) is 3.89 Å². The quantitative estimate of drug-likeness (QED) is 0.705. The molecular formula is C5H6FNO3S2. The molecule has 0 N–H and O–H groups in total. The molecule has 1 aromatic heterocycles. The summed E-state index contributed by atoms with van der Waals surface area (Å²) in [6, 6.07) is 1.06. The van der Waals surface area contributed by atoms with Gasteiger partial charge in [-0.3, -0.25) is 0 Å². The SMILES string of the molecule is CCOc1cc(S(=O)(=O)F)sn1. The van der Waals surface area contributed by atoms with E-state index in [2.05, 4.69) is 4.37 Å². The van der Waals surface area contributed by atoms with E-state index in [4.69, 9.17) is 4.74 Å². The minimum atomic E-state index is -4.62. The zero-order chi connectivity index (χ0) is 9.19. The van der Waals surface area contributed by atoms with Crippen LogP contribution in [0, 0.1) is 0 Å². The highest BCUT2D eigenvalue weighted by atomic mass is 32.3. The van der Waals surface area contributed by atoms with Crippen LogP contribution in [0.2, 0.25) is 0 Å². The van der Waals surface area contributed by atoms with E-state index in [1.807, 2.05) is 0 Å². The van der Waals surface area contributed by atoms with Gasteiger partial charge in [0.15, 0.2) is 4.21 Å². The highest BCUT2D eigenvalue weighted by Crippen LogP contribution is 2.22. The van der Waals surface area contributed by atoms with Gasteiger partial charge in [-0.25, -0.2) is 0 Å². The predicted octanol–water partition coefficient (Wildman–Crippen LogP) is 1.20. The van der Waals surface area contributed by atoms with Crippen molar-refractivity contribution in [3.63, 3.8) is 0 Å². The van der Waals surface area contributed by atoms with E-state index in [0.717, 1.165) is 6.07 Å². The predicted molar refractivity (Wildman–Crippen MR) is 41.6 cm³/mol. The lowest BCUT2D eigenvalue weighted by Gasteiger charge is -1.92. The molecule has 0 spiro atoms. The van der Waals surface area contributed by atoms with E-state index < -0.39 is 14.4 Å². The van der Waals surface area contributed by atoms with E-state index in [1.54, 1.807) is 6.92 Å². The smallest absolute Gasteiger partial charge is 0.343 e. The second kappa shape index (κ2) is 3.36. The molecule has 68 valence electrons. The minimum Gasteiger partial charge on any atom is -0.477 e. The lowest BCUT2D eigenvalue weighted by atomic mass is 10.7. The van der Waals surface area contributed by atoms with Crippen LogP contribution in [0.4, 0.5) is 3.89 Å². The third-order valence-corrected chi connectivity index (χ3v) is 2.99. The minimum absolute atomic E-state index is 0.138. The molecule has 0 amide bonds. The fraction of sp³-hybridized carbons (Fsp3) is 0.400. The molecule has 4 nitrogen and oxygen atoms in total. The first-order valence-electron chi connectivity index (χ1n) is 3.08. The maximum atomic E-state index is 12.3. The zero-order valence-electron chi connectivity index (χ0n) is 6.15. The average Bonchev–Trinajstić information content (AvgIpc) is 2.35. The topological polar surface area (TPSA) is 56.3 Å². The maximum absolute atomic E-state index is 12.3. The Morgan fingerprint density at radius 2 is 2.42 bits per heavy atom. The average molecular weight is 211 g/mol. The lowest BCUT2D eigenvalue weighted by Crippen LogP contribution is -1.90. The van der Waals surface area contributed by atoms with E-state index in [-0.39, 0.29) is 5.88 Å². The molecule has 1 heterocycles. The summed E-state index contributed by atoms with van der Waals surface area (Å²) in [4.78, 5) is 0. The molecule has 0 radical (unpaired) electrons. The first-order valence-corrected chi connectivity index (χ1v) is 5.24. The monoisotopic (exact) mass is 211 g/mol. The zero-order valence-corrected chi connectivity index (χ0v) is 7.78. The summed E-state index contributed by atoms with van der Waals surface area (Å²) in [5.74, 6) is 0.138.